The predicted molar refractivity (Wildman–Crippen MR) is 106 cm³/mol. The van der Waals surface area contributed by atoms with Gasteiger partial charge in [-0.2, -0.15) is 0 Å². The normalized spacial score (nSPS) is 12.3. The van der Waals surface area contributed by atoms with Gasteiger partial charge in [0, 0.05) is 33.4 Å². The number of nitrogens with zero attached hydrogens (tertiary/aromatic N) is 2. The van der Waals surface area contributed by atoms with Crippen molar-refractivity contribution in [1.29, 1.82) is 0 Å². The number of carbonyl (C=O) groups is 1. The lowest BCUT2D eigenvalue weighted by Gasteiger charge is -2.25. The van der Waals surface area contributed by atoms with Crippen molar-refractivity contribution < 1.29 is 13.2 Å². The predicted octanol–water partition coefficient (Wildman–Crippen LogP) is 0.709. The summed E-state index contributed by atoms with van der Waals surface area (Å²) in [5.41, 5.74) is -0.190. The maximum Gasteiger partial charge on any atom is 0.243 e. The van der Waals surface area contributed by atoms with E-state index in [1.807, 2.05) is 20.8 Å². The molecule has 0 aromatic heterocycles. The van der Waals surface area contributed by atoms with Crippen molar-refractivity contribution in [1.82, 2.24) is 15.5 Å². The van der Waals surface area contributed by atoms with Gasteiger partial charge in [0.25, 0.3) is 0 Å². The van der Waals surface area contributed by atoms with Gasteiger partial charge < -0.3 is 15.5 Å². The summed E-state index contributed by atoms with van der Waals surface area (Å²) in [5, 5.41) is 6.24. The highest BCUT2D eigenvalue weighted by Gasteiger charge is 2.20. The van der Waals surface area contributed by atoms with Crippen LogP contribution in [0.2, 0.25) is 0 Å². The second kappa shape index (κ2) is 11.1. The summed E-state index contributed by atoms with van der Waals surface area (Å²) in [7, 11) is 0.413. The first kappa shape index (κ1) is 24.7. The number of guanidine groups is 1. The molecule has 0 heterocycles. The summed E-state index contributed by atoms with van der Waals surface area (Å²) in [4.78, 5) is 17.3. The van der Waals surface area contributed by atoms with Crippen molar-refractivity contribution in [3.8, 4) is 0 Å². The standard InChI is InChI=1S/C14H30N4O3S.HI/c1-7-15-13(16-10-12(19)18(4)5)17-11-14(2,3)8-9-22(6,20)21;/h7-11H2,1-6H3,(H2,15,16,17);1H. The van der Waals surface area contributed by atoms with E-state index in [4.69, 9.17) is 0 Å². The van der Waals surface area contributed by atoms with Gasteiger partial charge in [0.2, 0.25) is 5.91 Å². The fourth-order valence-corrected chi connectivity index (χ4v) is 2.43. The first-order chi connectivity index (χ1) is 9.97. The Labute approximate surface area is 157 Å². The molecule has 0 unspecified atom stereocenters. The summed E-state index contributed by atoms with van der Waals surface area (Å²) < 4.78 is 22.5. The van der Waals surface area contributed by atoms with Gasteiger partial charge in [-0.3, -0.25) is 4.79 Å². The minimum Gasteiger partial charge on any atom is -0.357 e. The molecule has 138 valence electrons. The second-order valence-corrected chi connectivity index (χ2v) is 8.64. The van der Waals surface area contributed by atoms with Gasteiger partial charge in [0.15, 0.2) is 5.96 Å². The fraction of sp³-hybridized carbons (Fsp3) is 0.857. The molecular weight excluding hydrogens is 431 g/mol. The summed E-state index contributed by atoms with van der Waals surface area (Å²) in [6, 6.07) is 0. The quantitative estimate of drug-likeness (QED) is 0.315. The number of likely N-dealkylation sites (N-methyl/N-ethyl adjacent to an activating group) is 1. The number of rotatable bonds is 8. The summed E-state index contributed by atoms with van der Waals surface area (Å²) in [6.45, 7) is 7.28. The van der Waals surface area contributed by atoms with Gasteiger partial charge >= 0.3 is 0 Å². The lowest BCUT2D eigenvalue weighted by Crippen LogP contribution is -2.43. The van der Waals surface area contributed by atoms with Crippen LogP contribution in [0, 0.1) is 5.41 Å². The van der Waals surface area contributed by atoms with E-state index in [0.717, 1.165) is 0 Å². The Hall–Kier alpha value is -0.580. The molecule has 0 fully saturated rings. The van der Waals surface area contributed by atoms with Crippen molar-refractivity contribution in [3.05, 3.63) is 0 Å². The van der Waals surface area contributed by atoms with Crippen molar-refractivity contribution in [2.75, 3.05) is 45.7 Å². The Morgan fingerprint density at radius 2 is 1.78 bits per heavy atom. The molecular formula is C14H31IN4O3S. The summed E-state index contributed by atoms with van der Waals surface area (Å²) in [6.07, 6.45) is 1.81. The average Bonchev–Trinajstić information content (AvgIpc) is 2.38. The molecule has 9 heteroatoms. The van der Waals surface area contributed by atoms with Gasteiger partial charge in [0.1, 0.15) is 16.4 Å². The maximum absolute atomic E-state index is 11.6. The number of sulfone groups is 1. The largest absolute Gasteiger partial charge is 0.357 e. The van der Waals surface area contributed by atoms with Crippen LogP contribution >= 0.6 is 24.0 Å². The van der Waals surface area contributed by atoms with Crippen LogP contribution in [0.25, 0.3) is 0 Å². The molecule has 0 aliphatic carbocycles. The summed E-state index contributed by atoms with van der Waals surface area (Å²) in [5.74, 6) is 0.646. The van der Waals surface area contributed by atoms with Crippen molar-refractivity contribution in [2.45, 2.75) is 27.2 Å². The van der Waals surface area contributed by atoms with E-state index in [-0.39, 0.29) is 47.6 Å². The number of amides is 1. The van der Waals surface area contributed by atoms with Gasteiger partial charge in [-0.25, -0.2) is 13.4 Å². The number of aliphatic imine (C=N–C) groups is 1. The molecule has 0 radical (unpaired) electrons. The summed E-state index contributed by atoms with van der Waals surface area (Å²) >= 11 is 0. The fourth-order valence-electron chi connectivity index (χ4n) is 1.50. The number of carbonyl (C=O) groups excluding carboxylic acids is 1. The zero-order valence-corrected chi connectivity index (χ0v) is 18.1. The van der Waals surface area contributed by atoms with Crippen LogP contribution in [0.5, 0.6) is 0 Å². The van der Waals surface area contributed by atoms with E-state index < -0.39 is 9.84 Å². The van der Waals surface area contributed by atoms with Crippen LogP contribution in [-0.2, 0) is 14.6 Å². The second-order valence-electron chi connectivity index (χ2n) is 6.38. The van der Waals surface area contributed by atoms with Crippen LogP contribution in [0.1, 0.15) is 27.2 Å². The highest BCUT2D eigenvalue weighted by atomic mass is 127. The third kappa shape index (κ3) is 13.5. The van der Waals surface area contributed by atoms with Gasteiger partial charge in [-0.1, -0.05) is 13.8 Å². The van der Waals surface area contributed by atoms with E-state index in [2.05, 4.69) is 15.6 Å². The molecule has 0 bridgehead atoms. The molecule has 2 N–H and O–H groups in total. The topological polar surface area (TPSA) is 90.9 Å². The average molecular weight is 462 g/mol. The molecule has 0 aliphatic rings. The molecule has 0 saturated heterocycles. The highest BCUT2D eigenvalue weighted by molar-refractivity contribution is 14.0. The van der Waals surface area contributed by atoms with Gasteiger partial charge in [-0.15, -0.1) is 24.0 Å². The molecule has 0 spiro atoms. The Kier molecular flexibility index (Phi) is 11.9. The van der Waals surface area contributed by atoms with E-state index in [9.17, 15) is 13.2 Å². The Morgan fingerprint density at radius 3 is 2.22 bits per heavy atom. The van der Waals surface area contributed by atoms with E-state index in [0.29, 0.717) is 25.5 Å². The van der Waals surface area contributed by atoms with Crippen molar-refractivity contribution >= 4 is 45.7 Å². The molecule has 23 heavy (non-hydrogen) atoms. The lowest BCUT2D eigenvalue weighted by molar-refractivity contribution is -0.127. The van der Waals surface area contributed by atoms with Crippen LogP contribution in [0.4, 0.5) is 0 Å². The Bertz CT molecular complexity index is 490. The van der Waals surface area contributed by atoms with Gasteiger partial charge in [-0.05, 0) is 18.8 Å². The Balaban J connectivity index is 0. The zero-order valence-electron chi connectivity index (χ0n) is 15.0. The smallest absolute Gasteiger partial charge is 0.243 e. The number of nitrogens with one attached hydrogen (secondary N) is 2. The first-order valence-corrected chi connectivity index (χ1v) is 9.43. The van der Waals surface area contributed by atoms with E-state index in [1.54, 1.807) is 14.1 Å². The molecule has 0 aromatic carbocycles. The Morgan fingerprint density at radius 1 is 1.22 bits per heavy atom. The molecule has 0 aliphatic heterocycles. The van der Waals surface area contributed by atoms with Gasteiger partial charge in [0.05, 0.1) is 5.75 Å². The molecule has 0 atom stereocenters. The number of hydrogen-bond donors (Lipinski definition) is 2. The first-order valence-electron chi connectivity index (χ1n) is 7.37. The minimum atomic E-state index is -2.96. The number of halogens is 1. The van der Waals surface area contributed by atoms with E-state index in [1.165, 1.54) is 11.2 Å². The number of hydrogen-bond acceptors (Lipinski definition) is 4. The highest BCUT2D eigenvalue weighted by Crippen LogP contribution is 2.19. The van der Waals surface area contributed by atoms with Crippen molar-refractivity contribution in [2.24, 2.45) is 10.4 Å². The molecule has 0 rings (SSSR count). The van der Waals surface area contributed by atoms with Crippen LogP contribution < -0.4 is 10.6 Å². The maximum atomic E-state index is 11.6. The third-order valence-electron chi connectivity index (χ3n) is 3.10. The van der Waals surface area contributed by atoms with Crippen LogP contribution in [-0.4, -0.2) is 70.9 Å². The monoisotopic (exact) mass is 462 g/mol. The lowest BCUT2D eigenvalue weighted by atomic mass is 9.90. The molecule has 7 nitrogen and oxygen atoms in total. The molecule has 0 aromatic rings. The van der Waals surface area contributed by atoms with E-state index >= 15 is 0 Å². The molecule has 0 saturated carbocycles. The SMILES string of the molecule is CCNC(=NCC(=O)N(C)C)NCC(C)(C)CCS(C)(=O)=O.I. The van der Waals surface area contributed by atoms with Crippen molar-refractivity contribution in [3.63, 3.8) is 0 Å². The zero-order chi connectivity index (χ0) is 17.4. The van der Waals surface area contributed by atoms with Crippen LogP contribution in [0.15, 0.2) is 4.99 Å². The third-order valence-corrected chi connectivity index (χ3v) is 4.05. The van der Waals surface area contributed by atoms with Crippen LogP contribution in [0.3, 0.4) is 0 Å². The minimum absolute atomic E-state index is 0. The molecule has 1 amide bonds.